The van der Waals surface area contributed by atoms with Crippen LogP contribution in [0, 0.1) is 6.92 Å². The highest BCUT2D eigenvalue weighted by atomic mass is 32.1. The number of hydrogen-bond acceptors (Lipinski definition) is 7. The number of nitrogens with one attached hydrogen (secondary N) is 2. The van der Waals surface area contributed by atoms with Crippen molar-refractivity contribution in [1.82, 2.24) is 25.2 Å². The summed E-state index contributed by atoms with van der Waals surface area (Å²) in [5, 5.41) is 4.66. The van der Waals surface area contributed by atoms with Crippen LogP contribution in [0.25, 0.3) is 32.4 Å². The van der Waals surface area contributed by atoms with Crippen LogP contribution in [0.15, 0.2) is 30.5 Å². The van der Waals surface area contributed by atoms with Gasteiger partial charge in [-0.2, -0.15) is 0 Å². The van der Waals surface area contributed by atoms with Crippen LogP contribution in [0.3, 0.4) is 0 Å². The minimum absolute atomic E-state index is 0.723. The van der Waals surface area contributed by atoms with Gasteiger partial charge in [-0.25, -0.2) is 9.97 Å². The number of morpholine rings is 1. The lowest BCUT2D eigenvalue weighted by Gasteiger charge is -2.28. The molecule has 0 saturated carbocycles. The Labute approximate surface area is 191 Å². The van der Waals surface area contributed by atoms with E-state index in [1.165, 1.54) is 26.1 Å². The molecule has 7 nitrogen and oxygen atoms in total. The summed E-state index contributed by atoms with van der Waals surface area (Å²) in [6, 6.07) is 8.56. The second-order valence-electron chi connectivity index (χ2n) is 8.56. The standard InChI is InChI=1S/C24H28N6OS/c1-16-19(15-29-9-7-25-8-10-29)22-23(32-16)21(18-3-2-4-20-17(18)5-6-26-20)27-24(28-22)30-11-13-31-14-12-30/h2-6,25-26H,7-15H2,1H3. The highest BCUT2D eigenvalue weighted by Crippen LogP contribution is 2.40. The Morgan fingerprint density at radius 2 is 1.91 bits per heavy atom. The molecule has 1 aromatic carbocycles. The Balaban J connectivity index is 1.54. The number of aryl methyl sites for hydroxylation is 1. The van der Waals surface area contributed by atoms with Crippen LogP contribution in [0.5, 0.6) is 0 Å². The molecular formula is C24H28N6OS. The van der Waals surface area contributed by atoms with Gasteiger partial charge in [-0.05, 0) is 19.1 Å². The summed E-state index contributed by atoms with van der Waals surface area (Å²) in [6.45, 7) is 10.5. The van der Waals surface area contributed by atoms with E-state index in [0.717, 1.165) is 81.7 Å². The summed E-state index contributed by atoms with van der Waals surface area (Å²) < 4.78 is 6.78. The topological polar surface area (TPSA) is 69.3 Å². The molecule has 4 aromatic rings. The first-order valence-electron chi connectivity index (χ1n) is 11.4. The Kier molecular flexibility index (Phi) is 5.30. The van der Waals surface area contributed by atoms with E-state index in [2.05, 4.69) is 51.3 Å². The van der Waals surface area contributed by atoms with E-state index >= 15 is 0 Å². The molecule has 32 heavy (non-hydrogen) atoms. The number of hydrogen-bond donors (Lipinski definition) is 2. The fraction of sp³-hybridized carbons (Fsp3) is 0.417. The second kappa shape index (κ2) is 8.44. The van der Waals surface area contributed by atoms with Crippen LogP contribution in [0.2, 0.25) is 0 Å². The van der Waals surface area contributed by atoms with Gasteiger partial charge in [-0.1, -0.05) is 12.1 Å². The van der Waals surface area contributed by atoms with E-state index in [1.807, 2.05) is 17.5 Å². The molecule has 2 N–H and O–H groups in total. The zero-order chi connectivity index (χ0) is 21.5. The van der Waals surface area contributed by atoms with Crippen LogP contribution in [0.1, 0.15) is 10.4 Å². The van der Waals surface area contributed by atoms with Crippen molar-refractivity contribution in [2.75, 3.05) is 57.4 Å². The average Bonchev–Trinajstić information content (AvgIpc) is 3.44. The first kappa shape index (κ1) is 20.1. The fourth-order valence-corrected chi connectivity index (χ4v) is 5.89. The van der Waals surface area contributed by atoms with Crippen molar-refractivity contribution in [1.29, 1.82) is 0 Å². The number of H-pyrrole nitrogens is 1. The van der Waals surface area contributed by atoms with Crippen LogP contribution >= 0.6 is 11.3 Å². The molecule has 166 valence electrons. The van der Waals surface area contributed by atoms with Crippen LogP contribution < -0.4 is 10.2 Å². The van der Waals surface area contributed by atoms with Crippen molar-refractivity contribution in [2.45, 2.75) is 13.5 Å². The molecule has 8 heteroatoms. The predicted molar refractivity (Wildman–Crippen MR) is 131 cm³/mol. The summed E-state index contributed by atoms with van der Waals surface area (Å²) in [5.41, 5.74) is 5.81. The normalized spacial score (nSPS) is 18.1. The minimum Gasteiger partial charge on any atom is -0.378 e. The van der Waals surface area contributed by atoms with Crippen LogP contribution in [-0.4, -0.2) is 72.3 Å². The van der Waals surface area contributed by atoms with E-state index in [0.29, 0.717) is 0 Å². The average molecular weight is 449 g/mol. The van der Waals surface area contributed by atoms with Crippen molar-refractivity contribution in [3.63, 3.8) is 0 Å². The SMILES string of the molecule is Cc1sc2c(-c3cccc4[nH]ccc34)nc(N3CCOCC3)nc2c1CN1CCNCC1. The maximum atomic E-state index is 5.59. The molecule has 6 rings (SSSR count). The molecule has 0 spiro atoms. The molecule has 5 heterocycles. The lowest BCUT2D eigenvalue weighted by atomic mass is 10.1. The molecule has 2 saturated heterocycles. The smallest absolute Gasteiger partial charge is 0.226 e. The van der Waals surface area contributed by atoms with Gasteiger partial charge in [0.1, 0.15) is 0 Å². The minimum atomic E-state index is 0.723. The summed E-state index contributed by atoms with van der Waals surface area (Å²) in [4.78, 5) is 19.8. The number of thiophene rings is 1. The lowest BCUT2D eigenvalue weighted by Crippen LogP contribution is -2.43. The van der Waals surface area contributed by atoms with Gasteiger partial charge in [0.15, 0.2) is 0 Å². The number of rotatable bonds is 4. The zero-order valence-corrected chi connectivity index (χ0v) is 19.2. The molecule has 2 aliphatic rings. The van der Waals surface area contributed by atoms with Gasteiger partial charge in [0, 0.05) is 78.9 Å². The maximum absolute atomic E-state index is 5.59. The molecule has 0 unspecified atom stereocenters. The number of nitrogens with zero attached hydrogens (tertiary/aromatic N) is 4. The highest BCUT2D eigenvalue weighted by Gasteiger charge is 2.24. The fourth-order valence-electron chi connectivity index (χ4n) is 4.78. The lowest BCUT2D eigenvalue weighted by molar-refractivity contribution is 0.122. The number of aromatic amines is 1. The van der Waals surface area contributed by atoms with Gasteiger partial charge in [-0.15, -0.1) is 11.3 Å². The summed E-state index contributed by atoms with van der Waals surface area (Å²) in [6.07, 6.45) is 2.00. The number of piperazine rings is 1. The third kappa shape index (κ3) is 3.57. The molecule has 0 aliphatic carbocycles. The van der Waals surface area contributed by atoms with Gasteiger partial charge < -0.3 is 19.9 Å². The van der Waals surface area contributed by atoms with Gasteiger partial charge >= 0.3 is 0 Å². The van der Waals surface area contributed by atoms with Crippen LogP contribution in [-0.2, 0) is 11.3 Å². The Morgan fingerprint density at radius 1 is 1.06 bits per heavy atom. The number of benzene rings is 1. The molecule has 0 radical (unpaired) electrons. The van der Waals surface area contributed by atoms with E-state index in [4.69, 9.17) is 14.7 Å². The Hall–Kier alpha value is -2.52. The van der Waals surface area contributed by atoms with Gasteiger partial charge in [-0.3, -0.25) is 4.90 Å². The van der Waals surface area contributed by atoms with Crippen molar-refractivity contribution in [2.24, 2.45) is 0 Å². The molecule has 0 atom stereocenters. The monoisotopic (exact) mass is 448 g/mol. The molecule has 2 aliphatic heterocycles. The largest absolute Gasteiger partial charge is 0.378 e. The van der Waals surface area contributed by atoms with E-state index in [1.54, 1.807) is 0 Å². The van der Waals surface area contributed by atoms with Crippen molar-refractivity contribution < 1.29 is 4.74 Å². The van der Waals surface area contributed by atoms with Gasteiger partial charge in [0.2, 0.25) is 5.95 Å². The molecule has 0 bridgehead atoms. The summed E-state index contributed by atoms with van der Waals surface area (Å²) in [5.74, 6) is 0.822. The zero-order valence-electron chi connectivity index (χ0n) is 18.4. The first-order chi connectivity index (χ1) is 15.8. The molecule has 2 fully saturated rings. The van der Waals surface area contributed by atoms with Crippen molar-refractivity contribution in [3.8, 4) is 11.3 Å². The van der Waals surface area contributed by atoms with Crippen molar-refractivity contribution in [3.05, 3.63) is 40.9 Å². The van der Waals surface area contributed by atoms with Gasteiger partial charge in [0.05, 0.1) is 29.1 Å². The highest BCUT2D eigenvalue weighted by molar-refractivity contribution is 7.19. The predicted octanol–water partition coefficient (Wildman–Crippen LogP) is 3.39. The molecular weight excluding hydrogens is 420 g/mol. The molecule has 3 aromatic heterocycles. The maximum Gasteiger partial charge on any atom is 0.226 e. The van der Waals surface area contributed by atoms with E-state index in [-0.39, 0.29) is 0 Å². The van der Waals surface area contributed by atoms with E-state index in [9.17, 15) is 0 Å². The number of anilines is 1. The second-order valence-corrected chi connectivity index (χ2v) is 9.78. The van der Waals surface area contributed by atoms with Crippen LogP contribution in [0.4, 0.5) is 5.95 Å². The van der Waals surface area contributed by atoms with Gasteiger partial charge in [0.25, 0.3) is 0 Å². The quantitative estimate of drug-likeness (QED) is 0.499. The van der Waals surface area contributed by atoms with E-state index < -0.39 is 0 Å². The number of fused-ring (bicyclic) bond motifs is 2. The first-order valence-corrected chi connectivity index (χ1v) is 12.2. The summed E-state index contributed by atoms with van der Waals surface area (Å²) in [7, 11) is 0. The van der Waals surface area contributed by atoms with Crippen molar-refractivity contribution >= 4 is 38.4 Å². The number of ether oxygens (including phenoxy) is 1. The third-order valence-electron chi connectivity index (χ3n) is 6.56. The molecule has 0 amide bonds. The third-order valence-corrected chi connectivity index (χ3v) is 7.70. The Morgan fingerprint density at radius 3 is 2.75 bits per heavy atom. The summed E-state index contributed by atoms with van der Waals surface area (Å²) >= 11 is 1.83. The Bertz CT molecular complexity index is 1250. The number of aromatic nitrogens is 3.